The molecule has 0 spiro atoms. The standard InChI is InChI=1S/C22H29ClN2O4S/c1-5-11-25(12-6-2)30(27,28)20-9-7-18(8-10-20)24-21(26)15-29-19-13-16(3)22(23)17(4)14-19/h7-10,13-14H,5-6,11-12,15H2,1-4H3,(H,24,26). The van der Waals surface area contributed by atoms with Crippen molar-refractivity contribution in [1.29, 1.82) is 0 Å². The van der Waals surface area contributed by atoms with Crippen LogP contribution in [0.5, 0.6) is 5.75 Å². The molecule has 0 unspecified atom stereocenters. The van der Waals surface area contributed by atoms with Gasteiger partial charge in [0.2, 0.25) is 10.0 Å². The van der Waals surface area contributed by atoms with Crippen molar-refractivity contribution in [3.05, 3.63) is 52.5 Å². The summed E-state index contributed by atoms with van der Waals surface area (Å²) >= 11 is 6.14. The Bertz CT molecular complexity index is 946. The molecule has 6 nitrogen and oxygen atoms in total. The lowest BCUT2D eigenvalue weighted by Crippen LogP contribution is -2.32. The van der Waals surface area contributed by atoms with Gasteiger partial charge in [-0.15, -0.1) is 0 Å². The third-order valence-electron chi connectivity index (χ3n) is 4.50. The van der Waals surface area contributed by atoms with E-state index in [0.717, 1.165) is 24.0 Å². The van der Waals surface area contributed by atoms with Gasteiger partial charge < -0.3 is 10.1 Å². The molecule has 0 heterocycles. The van der Waals surface area contributed by atoms with E-state index in [9.17, 15) is 13.2 Å². The fourth-order valence-electron chi connectivity index (χ4n) is 3.05. The second-order valence-corrected chi connectivity index (χ2v) is 9.45. The van der Waals surface area contributed by atoms with E-state index < -0.39 is 10.0 Å². The molecule has 30 heavy (non-hydrogen) atoms. The number of hydrogen-bond acceptors (Lipinski definition) is 4. The molecular formula is C22H29ClN2O4S. The lowest BCUT2D eigenvalue weighted by molar-refractivity contribution is -0.118. The summed E-state index contributed by atoms with van der Waals surface area (Å²) < 4.78 is 32.6. The minimum Gasteiger partial charge on any atom is -0.484 e. The molecule has 164 valence electrons. The molecule has 0 aliphatic heterocycles. The highest BCUT2D eigenvalue weighted by molar-refractivity contribution is 7.89. The van der Waals surface area contributed by atoms with Crippen LogP contribution in [0, 0.1) is 13.8 Å². The van der Waals surface area contributed by atoms with Crippen LogP contribution in [0.1, 0.15) is 37.8 Å². The predicted octanol–water partition coefficient (Wildman–Crippen LogP) is 4.79. The first kappa shape index (κ1) is 24.2. The summed E-state index contributed by atoms with van der Waals surface area (Å²) in [4.78, 5) is 12.4. The van der Waals surface area contributed by atoms with Crippen LogP contribution < -0.4 is 10.1 Å². The quantitative estimate of drug-likeness (QED) is 0.562. The van der Waals surface area contributed by atoms with E-state index in [2.05, 4.69) is 5.32 Å². The topological polar surface area (TPSA) is 75.7 Å². The minimum atomic E-state index is -3.54. The molecule has 0 bridgehead atoms. The van der Waals surface area contributed by atoms with Gasteiger partial charge in [0.05, 0.1) is 4.90 Å². The number of benzene rings is 2. The molecule has 1 amide bonds. The number of hydrogen-bond donors (Lipinski definition) is 1. The fourth-order valence-corrected chi connectivity index (χ4v) is 4.78. The highest BCUT2D eigenvalue weighted by atomic mass is 35.5. The number of sulfonamides is 1. The van der Waals surface area contributed by atoms with Gasteiger partial charge in [-0.05, 0) is 74.2 Å². The number of nitrogens with one attached hydrogen (secondary N) is 1. The zero-order chi connectivity index (χ0) is 22.3. The maximum absolute atomic E-state index is 12.8. The predicted molar refractivity (Wildman–Crippen MR) is 121 cm³/mol. The molecule has 8 heteroatoms. The Hall–Kier alpha value is -2.09. The van der Waals surface area contributed by atoms with Gasteiger partial charge in [0, 0.05) is 23.8 Å². The van der Waals surface area contributed by atoms with Crippen LogP contribution in [0.25, 0.3) is 0 Å². The van der Waals surface area contributed by atoms with E-state index in [1.807, 2.05) is 27.7 Å². The monoisotopic (exact) mass is 452 g/mol. The first-order chi connectivity index (χ1) is 14.2. The highest BCUT2D eigenvalue weighted by Gasteiger charge is 2.22. The van der Waals surface area contributed by atoms with E-state index in [1.165, 1.54) is 16.4 Å². The Balaban J connectivity index is 2.00. The summed E-state index contributed by atoms with van der Waals surface area (Å²) in [6, 6.07) is 9.74. The van der Waals surface area contributed by atoms with E-state index >= 15 is 0 Å². The molecule has 2 aromatic rings. The summed E-state index contributed by atoms with van der Waals surface area (Å²) in [6.45, 7) is 8.45. The molecule has 0 fully saturated rings. The molecule has 0 radical (unpaired) electrons. The Morgan fingerprint density at radius 3 is 2.07 bits per heavy atom. The summed E-state index contributed by atoms with van der Waals surface area (Å²) in [6.07, 6.45) is 1.50. The molecule has 0 aromatic heterocycles. The number of amides is 1. The average molecular weight is 453 g/mol. The minimum absolute atomic E-state index is 0.165. The molecule has 0 aliphatic carbocycles. The van der Waals surface area contributed by atoms with Crippen molar-refractivity contribution in [2.24, 2.45) is 0 Å². The van der Waals surface area contributed by atoms with Crippen molar-refractivity contribution < 1.29 is 17.9 Å². The fraction of sp³-hybridized carbons (Fsp3) is 0.409. The Morgan fingerprint density at radius 1 is 1.03 bits per heavy atom. The third kappa shape index (κ3) is 6.20. The number of anilines is 1. The van der Waals surface area contributed by atoms with Crippen LogP contribution >= 0.6 is 11.6 Å². The van der Waals surface area contributed by atoms with Gasteiger partial charge in [0.15, 0.2) is 6.61 Å². The van der Waals surface area contributed by atoms with E-state index in [1.54, 1.807) is 24.3 Å². The smallest absolute Gasteiger partial charge is 0.262 e. The number of halogens is 1. The van der Waals surface area contributed by atoms with Crippen LogP contribution in [0.3, 0.4) is 0 Å². The van der Waals surface area contributed by atoms with Gasteiger partial charge in [0.25, 0.3) is 5.91 Å². The zero-order valence-electron chi connectivity index (χ0n) is 17.9. The van der Waals surface area contributed by atoms with Gasteiger partial charge in [-0.1, -0.05) is 25.4 Å². The van der Waals surface area contributed by atoms with Gasteiger partial charge in [-0.2, -0.15) is 4.31 Å². The molecule has 0 atom stereocenters. The van der Waals surface area contributed by atoms with Crippen LogP contribution in [0.15, 0.2) is 41.3 Å². The molecule has 0 saturated heterocycles. The Morgan fingerprint density at radius 2 is 1.57 bits per heavy atom. The second kappa shape index (κ2) is 10.8. The SMILES string of the molecule is CCCN(CCC)S(=O)(=O)c1ccc(NC(=O)COc2cc(C)c(Cl)c(C)c2)cc1. The van der Waals surface area contributed by atoms with Crippen molar-refractivity contribution in [1.82, 2.24) is 4.31 Å². The van der Waals surface area contributed by atoms with Gasteiger partial charge in [0.1, 0.15) is 5.75 Å². The largest absolute Gasteiger partial charge is 0.484 e. The molecule has 2 aromatic carbocycles. The molecular weight excluding hydrogens is 424 g/mol. The van der Waals surface area contributed by atoms with Gasteiger partial charge >= 0.3 is 0 Å². The molecule has 0 aliphatic rings. The zero-order valence-corrected chi connectivity index (χ0v) is 19.4. The van der Waals surface area contributed by atoms with E-state index in [-0.39, 0.29) is 17.4 Å². The number of aryl methyl sites for hydroxylation is 2. The first-order valence-corrected chi connectivity index (χ1v) is 11.8. The summed E-state index contributed by atoms with van der Waals surface area (Å²) in [5.41, 5.74) is 2.26. The van der Waals surface area contributed by atoms with Crippen molar-refractivity contribution in [2.75, 3.05) is 25.0 Å². The Labute approximate surface area is 184 Å². The molecule has 2 rings (SSSR count). The maximum Gasteiger partial charge on any atom is 0.262 e. The lowest BCUT2D eigenvalue weighted by atomic mass is 10.1. The van der Waals surface area contributed by atoms with E-state index in [0.29, 0.717) is 29.5 Å². The second-order valence-electron chi connectivity index (χ2n) is 7.14. The van der Waals surface area contributed by atoms with Crippen LogP contribution in [-0.2, 0) is 14.8 Å². The Kier molecular flexibility index (Phi) is 8.70. The number of rotatable bonds is 10. The number of ether oxygens (including phenoxy) is 1. The van der Waals surface area contributed by atoms with Gasteiger partial charge in [-0.25, -0.2) is 8.42 Å². The highest BCUT2D eigenvalue weighted by Crippen LogP contribution is 2.26. The number of carbonyl (C=O) groups excluding carboxylic acids is 1. The van der Waals surface area contributed by atoms with Crippen molar-refractivity contribution in [3.63, 3.8) is 0 Å². The average Bonchev–Trinajstić information content (AvgIpc) is 2.70. The maximum atomic E-state index is 12.8. The lowest BCUT2D eigenvalue weighted by Gasteiger charge is -2.21. The number of carbonyl (C=O) groups is 1. The van der Waals surface area contributed by atoms with E-state index in [4.69, 9.17) is 16.3 Å². The molecule has 1 N–H and O–H groups in total. The van der Waals surface area contributed by atoms with Crippen molar-refractivity contribution >= 4 is 33.2 Å². The molecule has 0 saturated carbocycles. The van der Waals surface area contributed by atoms with Crippen molar-refractivity contribution in [2.45, 2.75) is 45.4 Å². The number of nitrogens with zero attached hydrogens (tertiary/aromatic N) is 1. The van der Waals surface area contributed by atoms with Crippen LogP contribution in [0.2, 0.25) is 5.02 Å². The first-order valence-electron chi connectivity index (χ1n) is 9.98. The van der Waals surface area contributed by atoms with Crippen LogP contribution in [0.4, 0.5) is 5.69 Å². The van der Waals surface area contributed by atoms with Gasteiger partial charge in [-0.3, -0.25) is 4.79 Å². The summed E-state index contributed by atoms with van der Waals surface area (Å²) in [5, 5.41) is 3.39. The summed E-state index contributed by atoms with van der Waals surface area (Å²) in [5.74, 6) is 0.229. The van der Waals surface area contributed by atoms with Crippen LogP contribution in [-0.4, -0.2) is 38.3 Å². The normalized spacial score (nSPS) is 11.5. The summed E-state index contributed by atoms with van der Waals surface area (Å²) in [7, 11) is -3.54. The van der Waals surface area contributed by atoms with Crippen molar-refractivity contribution in [3.8, 4) is 5.75 Å². The third-order valence-corrected chi connectivity index (χ3v) is 7.01.